The molecule has 2 aromatic carbocycles. The molecule has 0 saturated carbocycles. The summed E-state index contributed by atoms with van der Waals surface area (Å²) >= 11 is 12.3. The lowest BCUT2D eigenvalue weighted by Gasteiger charge is -2.43. The maximum absolute atomic E-state index is 13.3. The number of aliphatic hydroxyl groups excluding tert-OH is 1. The summed E-state index contributed by atoms with van der Waals surface area (Å²) in [7, 11) is 0. The summed E-state index contributed by atoms with van der Waals surface area (Å²) in [5.74, 6) is -0.332. The van der Waals surface area contributed by atoms with Gasteiger partial charge in [0.1, 0.15) is 0 Å². The van der Waals surface area contributed by atoms with Crippen LogP contribution in [0.15, 0.2) is 36.4 Å². The molecular weight excluding hydrogens is 369 g/mol. The Kier molecular flexibility index (Phi) is 5.73. The number of ketones is 1. The number of benzene rings is 2. The Labute approximate surface area is 164 Å². The molecule has 1 heterocycles. The third kappa shape index (κ3) is 3.41. The summed E-state index contributed by atoms with van der Waals surface area (Å²) < 4.78 is 0. The zero-order valence-corrected chi connectivity index (χ0v) is 16.5. The highest BCUT2D eigenvalue weighted by Gasteiger charge is 2.45. The van der Waals surface area contributed by atoms with Gasteiger partial charge in [-0.2, -0.15) is 0 Å². The fourth-order valence-corrected chi connectivity index (χ4v) is 4.09. The molecule has 2 atom stereocenters. The van der Waals surface area contributed by atoms with E-state index in [-0.39, 0.29) is 18.3 Å². The predicted octanol–water partition coefficient (Wildman–Crippen LogP) is 4.33. The largest absolute Gasteiger partial charge is 0.395 e. The van der Waals surface area contributed by atoms with Crippen molar-refractivity contribution in [1.29, 1.82) is 0 Å². The third-order valence-electron chi connectivity index (χ3n) is 5.54. The van der Waals surface area contributed by atoms with E-state index in [0.29, 0.717) is 28.6 Å². The van der Waals surface area contributed by atoms with E-state index in [1.54, 1.807) is 12.1 Å². The first-order valence-corrected chi connectivity index (χ1v) is 9.53. The van der Waals surface area contributed by atoms with Crippen LogP contribution in [0.5, 0.6) is 0 Å². The molecule has 0 spiro atoms. The Morgan fingerprint density at radius 1 is 1.15 bits per heavy atom. The van der Waals surface area contributed by atoms with Gasteiger partial charge in [-0.1, -0.05) is 35.3 Å². The van der Waals surface area contributed by atoms with Crippen molar-refractivity contribution >= 4 is 29.0 Å². The molecule has 0 aromatic heterocycles. The Bertz CT molecular complexity index is 837. The summed E-state index contributed by atoms with van der Waals surface area (Å²) in [6.07, 6.45) is 0.688. The molecule has 2 N–H and O–H groups in total. The van der Waals surface area contributed by atoms with Gasteiger partial charge in [-0.05, 0) is 67.8 Å². The summed E-state index contributed by atoms with van der Waals surface area (Å²) in [5.41, 5.74) is 2.80. The van der Waals surface area contributed by atoms with Crippen molar-refractivity contribution in [2.45, 2.75) is 25.7 Å². The molecule has 0 amide bonds. The molecule has 138 valence electrons. The van der Waals surface area contributed by atoms with Crippen LogP contribution in [0.3, 0.4) is 0 Å². The molecule has 0 aliphatic carbocycles. The number of aryl methyl sites for hydroxylation is 2. The second kappa shape index (κ2) is 7.69. The monoisotopic (exact) mass is 391 g/mol. The SMILES string of the molecule is Cc1cc(C(=O)C2CNCCC2(CO)c2ccc(Cl)c(C)c2)ccc1Cl. The summed E-state index contributed by atoms with van der Waals surface area (Å²) in [6, 6.07) is 11.1. The Balaban J connectivity index is 2.05. The van der Waals surface area contributed by atoms with Crippen LogP contribution in [0.25, 0.3) is 0 Å². The highest BCUT2D eigenvalue weighted by atomic mass is 35.5. The predicted molar refractivity (Wildman–Crippen MR) is 106 cm³/mol. The molecular formula is C21H23Cl2NO2. The van der Waals surface area contributed by atoms with Crippen LogP contribution >= 0.6 is 23.2 Å². The van der Waals surface area contributed by atoms with Crippen LogP contribution in [-0.4, -0.2) is 30.6 Å². The molecule has 1 aliphatic rings. The third-order valence-corrected chi connectivity index (χ3v) is 6.39. The highest BCUT2D eigenvalue weighted by Crippen LogP contribution is 2.40. The molecule has 26 heavy (non-hydrogen) atoms. The minimum atomic E-state index is -0.620. The summed E-state index contributed by atoms with van der Waals surface area (Å²) in [5, 5.41) is 15.0. The second-order valence-corrected chi connectivity index (χ2v) is 7.93. The van der Waals surface area contributed by atoms with Gasteiger partial charge >= 0.3 is 0 Å². The average Bonchev–Trinajstić information content (AvgIpc) is 2.65. The van der Waals surface area contributed by atoms with Gasteiger partial charge in [0.25, 0.3) is 0 Å². The number of nitrogens with one attached hydrogen (secondary N) is 1. The maximum atomic E-state index is 13.3. The topological polar surface area (TPSA) is 49.3 Å². The van der Waals surface area contributed by atoms with Gasteiger partial charge in [0.2, 0.25) is 0 Å². The van der Waals surface area contributed by atoms with Gasteiger partial charge in [-0.3, -0.25) is 4.79 Å². The lowest BCUT2D eigenvalue weighted by Crippen LogP contribution is -2.53. The van der Waals surface area contributed by atoms with Crippen LogP contribution in [0.1, 0.15) is 33.5 Å². The Morgan fingerprint density at radius 2 is 1.81 bits per heavy atom. The lowest BCUT2D eigenvalue weighted by molar-refractivity contribution is 0.0658. The first kappa shape index (κ1) is 19.4. The Morgan fingerprint density at radius 3 is 2.42 bits per heavy atom. The van der Waals surface area contributed by atoms with Crippen molar-refractivity contribution in [2.24, 2.45) is 5.92 Å². The number of carbonyl (C=O) groups is 1. The van der Waals surface area contributed by atoms with Gasteiger partial charge in [0.05, 0.1) is 6.61 Å². The van der Waals surface area contributed by atoms with E-state index in [1.165, 1.54) is 0 Å². The van der Waals surface area contributed by atoms with Crippen LogP contribution < -0.4 is 5.32 Å². The van der Waals surface area contributed by atoms with Crippen molar-refractivity contribution in [3.8, 4) is 0 Å². The van der Waals surface area contributed by atoms with E-state index in [1.807, 2.05) is 38.1 Å². The number of carbonyl (C=O) groups excluding carboxylic acids is 1. The average molecular weight is 392 g/mol. The van der Waals surface area contributed by atoms with Crippen LogP contribution in [0.2, 0.25) is 10.0 Å². The highest BCUT2D eigenvalue weighted by molar-refractivity contribution is 6.31. The zero-order valence-electron chi connectivity index (χ0n) is 15.0. The minimum Gasteiger partial charge on any atom is -0.395 e. The number of piperidine rings is 1. The van der Waals surface area contributed by atoms with E-state index in [9.17, 15) is 9.90 Å². The molecule has 1 saturated heterocycles. The molecule has 5 heteroatoms. The number of Topliss-reactive ketones (excluding diaryl/α,β-unsaturated/α-hetero) is 1. The van der Waals surface area contributed by atoms with Crippen LogP contribution in [-0.2, 0) is 5.41 Å². The smallest absolute Gasteiger partial charge is 0.168 e. The molecule has 1 aliphatic heterocycles. The van der Waals surface area contributed by atoms with Gasteiger partial charge in [-0.15, -0.1) is 0 Å². The van der Waals surface area contributed by atoms with E-state index in [4.69, 9.17) is 23.2 Å². The van der Waals surface area contributed by atoms with Gasteiger partial charge in [0, 0.05) is 33.5 Å². The number of halogens is 2. The van der Waals surface area contributed by atoms with Gasteiger partial charge in [-0.25, -0.2) is 0 Å². The molecule has 2 aromatic rings. The fraction of sp³-hybridized carbons (Fsp3) is 0.381. The second-order valence-electron chi connectivity index (χ2n) is 7.11. The van der Waals surface area contributed by atoms with E-state index >= 15 is 0 Å². The first-order valence-electron chi connectivity index (χ1n) is 8.77. The lowest BCUT2D eigenvalue weighted by atomic mass is 9.64. The van der Waals surface area contributed by atoms with E-state index in [2.05, 4.69) is 5.32 Å². The van der Waals surface area contributed by atoms with Crippen LogP contribution in [0, 0.1) is 19.8 Å². The molecule has 2 unspecified atom stereocenters. The van der Waals surface area contributed by atoms with Crippen molar-refractivity contribution in [1.82, 2.24) is 5.32 Å². The number of hydrogen-bond acceptors (Lipinski definition) is 3. The standard InChI is InChI=1S/C21H23Cl2NO2/c1-13-9-15(3-5-18(13)22)20(26)17-11-24-8-7-21(17,12-25)16-4-6-19(23)14(2)10-16/h3-6,9-10,17,24-25H,7-8,11-12H2,1-2H3. The minimum absolute atomic E-state index is 0.0265. The number of aliphatic hydroxyl groups is 1. The summed E-state index contributed by atoms with van der Waals surface area (Å²) in [4.78, 5) is 13.3. The zero-order chi connectivity index (χ0) is 18.9. The number of hydrogen-bond donors (Lipinski definition) is 2. The maximum Gasteiger partial charge on any atom is 0.168 e. The molecule has 3 nitrogen and oxygen atoms in total. The van der Waals surface area contributed by atoms with Crippen molar-refractivity contribution in [3.63, 3.8) is 0 Å². The Hall–Kier alpha value is -1.39. The molecule has 0 radical (unpaired) electrons. The number of rotatable bonds is 4. The van der Waals surface area contributed by atoms with Crippen molar-refractivity contribution in [3.05, 3.63) is 68.7 Å². The quantitative estimate of drug-likeness (QED) is 0.762. The van der Waals surface area contributed by atoms with Crippen LogP contribution in [0.4, 0.5) is 0 Å². The first-order chi connectivity index (χ1) is 12.4. The normalized spacial score (nSPS) is 23.0. The summed E-state index contributed by atoms with van der Waals surface area (Å²) in [6.45, 7) is 5.03. The molecule has 0 bridgehead atoms. The van der Waals surface area contributed by atoms with E-state index in [0.717, 1.165) is 23.2 Å². The fourth-order valence-electron chi connectivity index (χ4n) is 3.85. The van der Waals surface area contributed by atoms with E-state index < -0.39 is 5.41 Å². The van der Waals surface area contributed by atoms with Crippen molar-refractivity contribution < 1.29 is 9.90 Å². The molecule has 3 rings (SSSR count). The van der Waals surface area contributed by atoms with Gasteiger partial charge in [0.15, 0.2) is 5.78 Å². The van der Waals surface area contributed by atoms with Crippen molar-refractivity contribution in [2.75, 3.05) is 19.7 Å². The molecule has 1 fully saturated rings. The van der Waals surface area contributed by atoms with Gasteiger partial charge < -0.3 is 10.4 Å².